The average molecular weight is 424 g/mol. The Labute approximate surface area is 169 Å². The zero-order chi connectivity index (χ0) is 23.2. The minimum Gasteiger partial charge on any atom is -0.480 e. The van der Waals surface area contributed by atoms with Crippen LogP contribution in [0.5, 0.6) is 0 Å². The van der Waals surface area contributed by atoms with E-state index in [4.69, 9.17) is 10.2 Å². The summed E-state index contributed by atoms with van der Waals surface area (Å²) in [6.07, 6.45) is 0.201. The number of carboxylic acid groups (broad SMARTS) is 2. The first kappa shape index (κ1) is 24.4. The van der Waals surface area contributed by atoms with Crippen LogP contribution in [0.25, 0.3) is 0 Å². The molecule has 0 aliphatic heterocycles. The molecule has 2 unspecified atom stereocenters. The molecule has 30 heavy (non-hydrogen) atoms. The van der Waals surface area contributed by atoms with Gasteiger partial charge in [0.25, 0.3) is 11.8 Å². The first-order valence-corrected chi connectivity index (χ1v) is 8.37. The van der Waals surface area contributed by atoms with Crippen LogP contribution in [0.3, 0.4) is 0 Å². The van der Waals surface area contributed by atoms with Gasteiger partial charge in [0.15, 0.2) is 18.4 Å². The third kappa shape index (κ3) is 4.85. The van der Waals surface area contributed by atoms with Crippen molar-refractivity contribution >= 4 is 36.4 Å². The summed E-state index contributed by atoms with van der Waals surface area (Å²) in [5.41, 5.74) is -0.798. The zero-order valence-electron chi connectivity index (χ0n) is 16.0. The molecule has 2 atom stereocenters. The van der Waals surface area contributed by atoms with Crippen LogP contribution in [0, 0.1) is 6.92 Å². The molecule has 1 aromatic rings. The third-order valence-corrected chi connectivity index (χ3v) is 4.37. The van der Waals surface area contributed by atoms with Gasteiger partial charge in [-0.2, -0.15) is 0 Å². The van der Waals surface area contributed by atoms with Crippen LogP contribution in [0.15, 0.2) is 12.1 Å². The van der Waals surface area contributed by atoms with E-state index in [-0.39, 0.29) is 28.0 Å². The van der Waals surface area contributed by atoms with Crippen molar-refractivity contribution in [1.82, 2.24) is 9.80 Å². The summed E-state index contributed by atoms with van der Waals surface area (Å²) in [6, 6.07) is -1.46. The highest BCUT2D eigenvalue weighted by atomic mass is 16.4. The molecule has 0 bridgehead atoms. The van der Waals surface area contributed by atoms with E-state index in [0.29, 0.717) is 11.2 Å². The molecule has 0 radical (unpaired) electrons. The molecule has 0 heterocycles. The number of carboxylic acids is 2. The predicted molar refractivity (Wildman–Crippen MR) is 97.9 cm³/mol. The van der Waals surface area contributed by atoms with Gasteiger partial charge in [-0.1, -0.05) is 0 Å². The van der Waals surface area contributed by atoms with E-state index in [1.54, 1.807) is 0 Å². The number of carbonyl (C=O) groups is 6. The molecule has 3 amide bonds. The number of hydrogen-bond acceptors (Lipinski definition) is 8. The average Bonchev–Trinajstić information content (AvgIpc) is 2.70. The van der Waals surface area contributed by atoms with Gasteiger partial charge in [-0.3, -0.25) is 24.1 Å². The lowest BCUT2D eigenvalue weighted by Gasteiger charge is -2.25. The second-order valence-electron chi connectivity index (χ2n) is 6.18. The number of likely N-dealkylation sites (N-methyl/N-ethyl adjacent to an activating group) is 1. The number of aldehydes is 1. The van der Waals surface area contributed by atoms with Crippen LogP contribution >= 0.6 is 0 Å². The summed E-state index contributed by atoms with van der Waals surface area (Å²) in [5.74, 6) is -5.33. The highest BCUT2D eigenvalue weighted by molar-refractivity contribution is 6.08. The van der Waals surface area contributed by atoms with Crippen molar-refractivity contribution in [3.8, 4) is 0 Å². The minimum absolute atomic E-state index is 0.0930. The van der Waals surface area contributed by atoms with Gasteiger partial charge < -0.3 is 25.3 Å². The molecule has 4 N–H and O–H groups in total. The Bertz CT molecular complexity index is 882. The van der Waals surface area contributed by atoms with Crippen LogP contribution in [0.1, 0.15) is 36.6 Å². The first-order valence-electron chi connectivity index (χ1n) is 8.37. The molecule has 0 fully saturated rings. The fourth-order valence-electron chi connectivity index (χ4n) is 2.63. The van der Waals surface area contributed by atoms with Crippen LogP contribution in [-0.4, -0.2) is 99.0 Å². The number of rotatable bonds is 10. The number of imide groups is 1. The summed E-state index contributed by atoms with van der Waals surface area (Å²) < 4.78 is 0. The maximum absolute atomic E-state index is 12.7. The van der Waals surface area contributed by atoms with Gasteiger partial charge in [-0.15, -0.1) is 0 Å². The topological polar surface area (TPSA) is 190 Å². The van der Waals surface area contributed by atoms with Gasteiger partial charge in [-0.05, 0) is 24.6 Å². The number of aryl methyl sites for hydroxylation is 1. The van der Waals surface area contributed by atoms with Gasteiger partial charge in [0.1, 0.15) is 0 Å². The van der Waals surface area contributed by atoms with Gasteiger partial charge in [-0.25, -0.2) is 9.59 Å². The van der Waals surface area contributed by atoms with E-state index in [9.17, 15) is 39.0 Å². The Morgan fingerprint density at radius 1 is 0.933 bits per heavy atom. The molecule has 0 aliphatic rings. The normalized spacial score (nSPS) is 12.4. The minimum atomic E-state index is -1.88. The molecule has 0 aromatic heterocycles. The van der Waals surface area contributed by atoms with Crippen molar-refractivity contribution in [3.05, 3.63) is 34.4 Å². The molecule has 0 saturated carbocycles. The lowest BCUT2D eigenvalue weighted by atomic mass is 9.97. The fourth-order valence-corrected chi connectivity index (χ4v) is 2.63. The lowest BCUT2D eigenvalue weighted by Crippen LogP contribution is -2.47. The molecule has 0 aliphatic carbocycles. The molecule has 1 rings (SSSR count). The monoisotopic (exact) mass is 424 g/mol. The van der Waals surface area contributed by atoms with Crippen LogP contribution < -0.4 is 0 Å². The summed E-state index contributed by atoms with van der Waals surface area (Å²) >= 11 is 0. The number of benzene rings is 1. The molecule has 12 heteroatoms. The zero-order valence-corrected chi connectivity index (χ0v) is 16.0. The summed E-state index contributed by atoms with van der Waals surface area (Å²) in [5, 5.41) is 36.6. The van der Waals surface area contributed by atoms with Crippen molar-refractivity contribution in [3.63, 3.8) is 0 Å². The van der Waals surface area contributed by atoms with E-state index in [0.717, 1.165) is 19.2 Å². The molecule has 0 saturated heterocycles. The summed E-state index contributed by atoms with van der Waals surface area (Å²) in [6.45, 7) is -0.609. The largest absolute Gasteiger partial charge is 0.480 e. The van der Waals surface area contributed by atoms with E-state index in [1.807, 2.05) is 0 Å². The number of nitrogens with zero attached hydrogens (tertiary/aromatic N) is 2. The van der Waals surface area contributed by atoms with Crippen LogP contribution in [0.2, 0.25) is 0 Å². The number of aliphatic hydroxyl groups excluding tert-OH is 2. The number of amides is 3. The molecular weight excluding hydrogens is 404 g/mol. The van der Waals surface area contributed by atoms with Gasteiger partial charge in [0, 0.05) is 18.2 Å². The standard InChI is InChI=1S/C18H20N2O10/c1-9-3-10(5-21)12(15(25)19(2)13(6-22)17(27)28)4-11(9)16(26)20(8-24)14(7-23)18(29)30/h3-5,8,13-14,22-23H,6-7H2,1-2H3,(H,27,28)(H,29,30). The second-order valence-corrected chi connectivity index (χ2v) is 6.18. The van der Waals surface area contributed by atoms with E-state index >= 15 is 0 Å². The Balaban J connectivity index is 3.54. The Morgan fingerprint density at radius 3 is 1.87 bits per heavy atom. The number of aliphatic carboxylic acids is 2. The number of aliphatic hydroxyl groups is 2. The SMILES string of the molecule is Cc1cc(C=O)c(C(=O)N(C)C(CO)C(=O)O)cc1C(=O)N(C=O)C(CO)C(=O)O. The van der Waals surface area contributed by atoms with E-state index < -0.39 is 54.6 Å². The smallest absolute Gasteiger partial charge is 0.329 e. The highest BCUT2D eigenvalue weighted by Crippen LogP contribution is 2.20. The van der Waals surface area contributed by atoms with Crippen molar-refractivity contribution in [2.45, 2.75) is 19.0 Å². The van der Waals surface area contributed by atoms with Crippen molar-refractivity contribution in [2.24, 2.45) is 0 Å². The lowest BCUT2D eigenvalue weighted by molar-refractivity contribution is -0.146. The van der Waals surface area contributed by atoms with E-state index in [1.165, 1.54) is 6.92 Å². The van der Waals surface area contributed by atoms with Crippen molar-refractivity contribution in [2.75, 3.05) is 20.3 Å². The molecular formula is C18H20N2O10. The maximum Gasteiger partial charge on any atom is 0.329 e. The maximum atomic E-state index is 12.7. The number of carbonyl (C=O) groups excluding carboxylic acids is 4. The van der Waals surface area contributed by atoms with Crippen LogP contribution in [-0.2, 0) is 14.4 Å². The predicted octanol–water partition coefficient (Wildman–Crippen LogP) is -1.63. The summed E-state index contributed by atoms with van der Waals surface area (Å²) in [4.78, 5) is 71.4. The summed E-state index contributed by atoms with van der Waals surface area (Å²) in [7, 11) is 1.07. The first-order chi connectivity index (χ1) is 14.0. The molecule has 12 nitrogen and oxygen atoms in total. The van der Waals surface area contributed by atoms with Gasteiger partial charge in [0.2, 0.25) is 6.41 Å². The Morgan fingerprint density at radius 2 is 1.47 bits per heavy atom. The Hall–Kier alpha value is -3.64. The van der Waals surface area contributed by atoms with Gasteiger partial charge >= 0.3 is 11.9 Å². The fraction of sp³-hybridized carbons (Fsp3) is 0.333. The van der Waals surface area contributed by atoms with Crippen molar-refractivity contribution < 1.29 is 49.2 Å². The van der Waals surface area contributed by atoms with Crippen LogP contribution in [0.4, 0.5) is 0 Å². The quantitative estimate of drug-likeness (QED) is 0.317. The molecule has 162 valence electrons. The van der Waals surface area contributed by atoms with Crippen molar-refractivity contribution in [1.29, 1.82) is 0 Å². The van der Waals surface area contributed by atoms with Gasteiger partial charge in [0.05, 0.1) is 18.8 Å². The molecule has 1 aromatic carbocycles. The highest BCUT2D eigenvalue weighted by Gasteiger charge is 2.33. The van der Waals surface area contributed by atoms with E-state index in [2.05, 4.69) is 0 Å². The third-order valence-electron chi connectivity index (χ3n) is 4.37. The second kappa shape index (κ2) is 10.2. The molecule has 0 spiro atoms. The number of hydrogen-bond donors (Lipinski definition) is 4. The Kier molecular flexibility index (Phi) is 8.32.